The highest BCUT2D eigenvalue weighted by molar-refractivity contribution is 6.10. The molecule has 0 radical (unpaired) electrons. The average Bonchev–Trinajstić information content (AvgIpc) is 4.03. The monoisotopic (exact) mass is 898 g/mol. The van der Waals surface area contributed by atoms with E-state index < -0.39 is 0 Å². The van der Waals surface area contributed by atoms with E-state index in [0.717, 1.165) is 11.9 Å². The Bertz CT molecular complexity index is 3440. The number of benzene rings is 6. The van der Waals surface area contributed by atoms with E-state index in [-0.39, 0.29) is 22.8 Å². The molecular weight excluding hydrogens is 835 g/mol. The molecule has 0 amide bonds. The molecule has 2 aromatic heterocycles. The van der Waals surface area contributed by atoms with Gasteiger partial charge in [-0.15, -0.1) is 0 Å². The minimum Gasteiger partial charge on any atom is -0.361 e. The van der Waals surface area contributed by atoms with Crippen molar-refractivity contribution in [2.45, 2.75) is 66.3 Å². The number of rotatable bonds is 6. The van der Waals surface area contributed by atoms with E-state index in [1.807, 2.05) is 27.7 Å². The molecule has 8 aromatic rings. The molecule has 3 aliphatic carbocycles. The first-order valence-corrected chi connectivity index (χ1v) is 25.0. The lowest BCUT2D eigenvalue weighted by molar-refractivity contribution is 0.601. The summed E-state index contributed by atoms with van der Waals surface area (Å²) < 4.78 is 2.40. The third-order valence-electron chi connectivity index (χ3n) is 14.2. The number of nitrogens with zero attached hydrogens (tertiary/aromatic N) is 2. The number of aromatic amines is 1. The first-order chi connectivity index (χ1) is 33.8. The van der Waals surface area contributed by atoms with Gasteiger partial charge in [0, 0.05) is 61.7 Å². The van der Waals surface area contributed by atoms with E-state index in [2.05, 4.69) is 260 Å². The van der Waals surface area contributed by atoms with Crippen molar-refractivity contribution in [2.75, 3.05) is 4.90 Å². The van der Waals surface area contributed by atoms with E-state index in [1.165, 1.54) is 88.8 Å². The van der Waals surface area contributed by atoms with E-state index in [9.17, 15) is 0 Å². The molecule has 3 atom stereocenters. The van der Waals surface area contributed by atoms with Crippen molar-refractivity contribution < 1.29 is 0 Å². The summed E-state index contributed by atoms with van der Waals surface area (Å²) in [5, 5.41) is 3.71. The van der Waals surface area contributed by atoms with Crippen LogP contribution in [0.3, 0.4) is 0 Å². The van der Waals surface area contributed by atoms with Crippen molar-refractivity contribution in [2.24, 2.45) is 11.3 Å². The third-order valence-corrected chi connectivity index (χ3v) is 14.2. The summed E-state index contributed by atoms with van der Waals surface area (Å²) in [6.07, 6.45) is 22.4. The summed E-state index contributed by atoms with van der Waals surface area (Å²) in [6.45, 7) is 15.0. The first kappa shape index (κ1) is 45.2. The van der Waals surface area contributed by atoms with Crippen molar-refractivity contribution in [3.05, 3.63) is 253 Å². The van der Waals surface area contributed by atoms with Crippen LogP contribution in [0, 0.1) is 11.3 Å². The SMILES string of the molecule is CC.CC.CC1(C)C=C2C(=C1)N(c1ccc3c(c1)c1ccccc1n3-c1ccccc1)C1C=CC(c3ccc[nH]c4ccccc4c(-c4ccc(C5(C)C=CC(c6ccccc6)=CC5)cc4)c3)=CC21. The molecule has 3 nitrogen and oxygen atoms in total. The summed E-state index contributed by atoms with van der Waals surface area (Å²) >= 11 is 0. The second-order valence-electron chi connectivity index (χ2n) is 19.0. The normalized spacial score (nSPS) is 19.6. The number of aromatic nitrogens is 2. The maximum atomic E-state index is 3.61. The quantitative estimate of drug-likeness (QED) is 0.177. The lowest BCUT2D eigenvalue weighted by Gasteiger charge is -2.30. The molecule has 0 spiro atoms. The molecule has 12 rings (SSSR count). The van der Waals surface area contributed by atoms with Crippen LogP contribution in [-0.2, 0) is 5.41 Å². The number of allylic oxidation sites excluding steroid dienone is 9. The second kappa shape index (κ2) is 18.8. The topological polar surface area (TPSA) is 24.0 Å². The van der Waals surface area contributed by atoms with Crippen molar-refractivity contribution >= 4 is 49.5 Å². The number of H-pyrrole nitrogens is 1. The summed E-state index contributed by atoms with van der Waals surface area (Å²) in [5.41, 5.74) is 17.2. The smallest absolute Gasteiger partial charge is 0.0629 e. The van der Waals surface area contributed by atoms with Gasteiger partial charge in [-0.25, -0.2) is 0 Å². The van der Waals surface area contributed by atoms with Crippen molar-refractivity contribution in [3.63, 3.8) is 0 Å². The maximum absolute atomic E-state index is 3.61. The van der Waals surface area contributed by atoms with E-state index in [0.29, 0.717) is 0 Å². The Labute approximate surface area is 409 Å². The van der Waals surface area contributed by atoms with Gasteiger partial charge >= 0.3 is 0 Å². The van der Waals surface area contributed by atoms with Gasteiger partial charge in [0.05, 0.1) is 17.1 Å². The summed E-state index contributed by atoms with van der Waals surface area (Å²) in [4.78, 5) is 6.21. The van der Waals surface area contributed by atoms with E-state index in [4.69, 9.17) is 0 Å². The van der Waals surface area contributed by atoms with Gasteiger partial charge in [-0.2, -0.15) is 0 Å². The van der Waals surface area contributed by atoms with Crippen molar-refractivity contribution in [1.82, 2.24) is 9.55 Å². The van der Waals surface area contributed by atoms with Crippen LogP contribution in [0.15, 0.2) is 236 Å². The number of anilines is 1. The molecule has 0 bridgehead atoms. The molecule has 6 aromatic carbocycles. The molecule has 4 aliphatic rings. The number of fused-ring (bicyclic) bond motifs is 7. The van der Waals surface area contributed by atoms with Crippen LogP contribution in [-0.4, -0.2) is 15.6 Å². The number of hydrogen-bond acceptors (Lipinski definition) is 1. The van der Waals surface area contributed by atoms with Crippen LogP contribution in [0.4, 0.5) is 5.69 Å². The Morgan fingerprint density at radius 3 is 1.99 bits per heavy atom. The summed E-state index contributed by atoms with van der Waals surface area (Å²) in [6, 6.07) is 62.3. The molecule has 69 heavy (non-hydrogen) atoms. The van der Waals surface area contributed by atoms with Gasteiger partial charge in [0.25, 0.3) is 0 Å². The fourth-order valence-corrected chi connectivity index (χ4v) is 10.9. The molecular formula is C66H63N3. The molecule has 1 saturated heterocycles. The molecule has 342 valence electrons. The molecule has 0 saturated carbocycles. The zero-order chi connectivity index (χ0) is 47.7. The summed E-state index contributed by atoms with van der Waals surface area (Å²) in [5.74, 6) is 0.198. The highest BCUT2D eigenvalue weighted by Gasteiger charge is 2.45. The summed E-state index contributed by atoms with van der Waals surface area (Å²) in [7, 11) is 0. The number of hydrogen-bond donors (Lipinski definition) is 1. The number of nitrogens with one attached hydrogen (secondary N) is 1. The minimum atomic E-state index is -0.0783. The van der Waals surface area contributed by atoms with Crippen LogP contribution in [0.2, 0.25) is 0 Å². The van der Waals surface area contributed by atoms with Gasteiger partial charge in [-0.1, -0.05) is 212 Å². The van der Waals surface area contributed by atoms with Crippen molar-refractivity contribution in [3.8, 4) is 16.8 Å². The molecule has 1 aliphatic heterocycles. The molecule has 3 heteroatoms. The maximum Gasteiger partial charge on any atom is 0.0629 e. The van der Waals surface area contributed by atoms with Crippen LogP contribution in [0.5, 0.6) is 0 Å². The highest BCUT2D eigenvalue weighted by Crippen LogP contribution is 2.52. The minimum absolute atomic E-state index is 0.0454. The van der Waals surface area contributed by atoms with Crippen LogP contribution in [0.25, 0.3) is 60.7 Å². The Morgan fingerprint density at radius 2 is 1.23 bits per heavy atom. The zero-order valence-corrected chi connectivity index (χ0v) is 41.1. The van der Waals surface area contributed by atoms with Crippen molar-refractivity contribution in [1.29, 1.82) is 0 Å². The molecule has 3 unspecified atom stereocenters. The Balaban J connectivity index is 0.00000135. The van der Waals surface area contributed by atoms with E-state index >= 15 is 0 Å². The predicted octanol–water partition coefficient (Wildman–Crippen LogP) is 17.7. The Hall–Kier alpha value is -7.62. The standard InChI is InChI=1S/C62H51N3.2C2H6/c1-61(2)40-55-53-38-46(26-30-58(53)65(60(55)41-61)49-29-31-59-54(39-49)51-21-11-13-23-57(51)64(59)48-18-8-5-9-19-48)45-17-14-36-63-56-22-12-10-20-50(56)52(37-45)44-24-27-47(28-25-44)62(3)34-32-43(33-35-62)42-15-6-4-7-16-42;2*1-2/h4-34,36-41,53,58,63H,35H2,1-3H3;2*1-2H3. The van der Waals surface area contributed by atoms with E-state index in [1.54, 1.807) is 0 Å². The molecule has 1 N–H and O–H groups in total. The lowest BCUT2D eigenvalue weighted by atomic mass is 9.75. The van der Waals surface area contributed by atoms with Gasteiger partial charge in [0.1, 0.15) is 0 Å². The van der Waals surface area contributed by atoms with Crippen LogP contribution >= 0.6 is 0 Å². The Kier molecular flexibility index (Phi) is 12.3. The second-order valence-corrected chi connectivity index (χ2v) is 19.0. The predicted molar refractivity (Wildman–Crippen MR) is 297 cm³/mol. The van der Waals surface area contributed by atoms with Crippen LogP contribution < -0.4 is 4.90 Å². The van der Waals surface area contributed by atoms with Gasteiger partial charge in [0.2, 0.25) is 0 Å². The molecule has 1 fully saturated rings. The lowest BCUT2D eigenvalue weighted by Crippen LogP contribution is -2.31. The van der Waals surface area contributed by atoms with Gasteiger partial charge in [-0.05, 0) is 106 Å². The third kappa shape index (κ3) is 8.31. The fourth-order valence-electron chi connectivity index (χ4n) is 10.9. The first-order valence-electron chi connectivity index (χ1n) is 25.0. The van der Waals surface area contributed by atoms with Gasteiger partial charge in [0.15, 0.2) is 0 Å². The number of para-hydroxylation sites is 3. The fraction of sp³-hybridized carbons (Fsp3) is 0.182. The van der Waals surface area contributed by atoms with Gasteiger partial charge in [-0.3, -0.25) is 0 Å². The average molecular weight is 898 g/mol. The Morgan fingerprint density at radius 1 is 0.551 bits per heavy atom. The highest BCUT2D eigenvalue weighted by atomic mass is 15.2. The largest absolute Gasteiger partial charge is 0.361 e. The molecule has 3 heterocycles. The zero-order valence-electron chi connectivity index (χ0n) is 41.1. The van der Waals surface area contributed by atoms with Gasteiger partial charge < -0.3 is 14.5 Å². The van der Waals surface area contributed by atoms with Crippen LogP contribution in [0.1, 0.15) is 71.6 Å².